The second kappa shape index (κ2) is 10.4. The van der Waals surface area contributed by atoms with E-state index in [1.165, 1.54) is 67.5 Å². The first-order valence-electron chi connectivity index (χ1n) is 9.16. The fraction of sp³-hybridized carbons (Fsp3) is 0.190. The molecular weight excluding hydrogens is 710 g/mol. The van der Waals surface area contributed by atoms with Crippen molar-refractivity contribution in [2.24, 2.45) is 0 Å². The van der Waals surface area contributed by atoms with Gasteiger partial charge in [0, 0.05) is 31.4 Å². The summed E-state index contributed by atoms with van der Waals surface area (Å²) in [7, 11) is 5.83. The van der Waals surface area contributed by atoms with E-state index >= 15 is 0 Å². The van der Waals surface area contributed by atoms with Gasteiger partial charge in [0.25, 0.3) is 0 Å². The van der Waals surface area contributed by atoms with Crippen LogP contribution in [0.5, 0.6) is 0 Å². The predicted octanol–water partition coefficient (Wildman–Crippen LogP) is 9.57. The summed E-state index contributed by atoms with van der Waals surface area (Å²) in [5, 5.41) is 13.6. The normalized spacial score (nSPS) is 15.1. The molecule has 9 heteroatoms. The van der Waals surface area contributed by atoms with Crippen molar-refractivity contribution in [1.82, 2.24) is 0 Å². The zero-order valence-electron chi connectivity index (χ0n) is 15.7. The first-order valence-corrected chi connectivity index (χ1v) is 15.4. The lowest BCUT2D eigenvalue weighted by Gasteiger charge is -2.12. The van der Waals surface area contributed by atoms with Crippen LogP contribution in [0, 0.1) is 17.8 Å². The molecule has 2 aromatic heterocycles. The maximum atomic E-state index is 9.04. The number of fused-ring (bicyclic) bond motifs is 1. The Labute approximate surface area is 226 Å². The molecule has 4 rings (SSSR count). The smallest absolute Gasteiger partial charge is 0.138 e. The zero-order chi connectivity index (χ0) is 21.4. The number of thiol groups is 1. The summed E-state index contributed by atoms with van der Waals surface area (Å²) in [6.07, 6.45) is 7.36. The van der Waals surface area contributed by atoms with Gasteiger partial charge in [0.2, 0.25) is 0 Å². The van der Waals surface area contributed by atoms with Crippen LogP contribution in [0.25, 0.3) is 25.6 Å². The largest absolute Gasteiger partial charge is 0.185 e. The maximum absolute atomic E-state index is 9.04. The monoisotopic (exact) mass is 727 g/mol. The van der Waals surface area contributed by atoms with Gasteiger partial charge in [-0.1, -0.05) is 6.08 Å². The molecule has 0 saturated heterocycles. The molecule has 0 fully saturated rings. The number of rotatable bonds is 4. The number of thioether (sulfide) groups is 1. The molecule has 0 radical (unpaired) electrons. The molecule has 30 heavy (non-hydrogen) atoms. The molecule has 0 saturated carbocycles. The summed E-state index contributed by atoms with van der Waals surface area (Å²) < 4.78 is 4.83. The summed E-state index contributed by atoms with van der Waals surface area (Å²) in [5.74, 6) is 0. The molecule has 0 amide bonds. The minimum atomic E-state index is 1.03. The molecule has 1 nitrogen and oxygen atoms in total. The zero-order valence-corrected chi connectivity index (χ0v) is 25.6. The van der Waals surface area contributed by atoms with Gasteiger partial charge in [-0.3, -0.25) is 0 Å². The predicted molar refractivity (Wildman–Crippen MR) is 163 cm³/mol. The molecule has 1 aliphatic rings. The van der Waals surface area contributed by atoms with E-state index in [0.717, 1.165) is 27.8 Å². The van der Waals surface area contributed by atoms with Gasteiger partial charge in [-0.15, -0.1) is 53.8 Å². The van der Waals surface area contributed by atoms with Crippen molar-refractivity contribution in [1.29, 1.82) is 5.26 Å². The van der Waals surface area contributed by atoms with E-state index in [1.54, 1.807) is 0 Å². The summed E-state index contributed by atoms with van der Waals surface area (Å²) >= 11 is 14.5. The number of hydrogen-bond acceptors (Lipinski definition) is 5. The van der Waals surface area contributed by atoms with Gasteiger partial charge in [0.1, 0.15) is 5.40 Å². The standard InChI is InChI=1S/C21H17I2NP2S4/c22-12-6-11(7-13(23)20(12)28-9-24)16(25)17(26)14-8-15-21(29-14)18(27)19(30-15)10-4-2-1-3-5-10/h4,6-8,27H,1-3,5,25-26H2/b17-16+. The van der Waals surface area contributed by atoms with E-state index in [-0.39, 0.29) is 0 Å². The first kappa shape index (κ1) is 24.0. The first-order chi connectivity index (χ1) is 14.4. The lowest BCUT2D eigenvalue weighted by Crippen LogP contribution is -1.89. The number of thiocyanates is 1. The Morgan fingerprint density at radius 1 is 1.10 bits per heavy atom. The van der Waals surface area contributed by atoms with Gasteiger partial charge in [-0.2, -0.15) is 5.26 Å². The van der Waals surface area contributed by atoms with Gasteiger partial charge in [0.05, 0.1) is 4.70 Å². The van der Waals surface area contributed by atoms with Crippen LogP contribution in [0.4, 0.5) is 0 Å². The van der Waals surface area contributed by atoms with Crippen LogP contribution >= 0.6 is 111 Å². The van der Waals surface area contributed by atoms with Crippen LogP contribution in [0.3, 0.4) is 0 Å². The highest BCUT2D eigenvalue weighted by Gasteiger charge is 2.19. The van der Waals surface area contributed by atoms with Crippen LogP contribution < -0.4 is 0 Å². The Morgan fingerprint density at radius 2 is 1.83 bits per heavy atom. The average molecular weight is 727 g/mol. The molecule has 3 aromatic rings. The quantitative estimate of drug-likeness (QED) is 0.0953. The molecular formula is C21H17I2NP2S4. The summed E-state index contributed by atoms with van der Waals surface area (Å²) in [6, 6.07) is 6.62. The number of benzene rings is 1. The van der Waals surface area contributed by atoms with E-state index in [1.807, 2.05) is 22.7 Å². The van der Waals surface area contributed by atoms with Gasteiger partial charge in [0.15, 0.2) is 0 Å². The van der Waals surface area contributed by atoms with Gasteiger partial charge in [-0.25, -0.2) is 0 Å². The Balaban J connectivity index is 1.72. The highest BCUT2D eigenvalue weighted by molar-refractivity contribution is 14.1. The van der Waals surface area contributed by atoms with E-state index in [4.69, 9.17) is 17.9 Å². The topological polar surface area (TPSA) is 23.8 Å². The summed E-state index contributed by atoms with van der Waals surface area (Å²) in [5.41, 5.74) is 2.64. The fourth-order valence-corrected chi connectivity index (χ4v) is 10.2. The van der Waals surface area contributed by atoms with E-state index in [0.29, 0.717) is 0 Å². The second-order valence-corrected chi connectivity index (χ2v) is 13.7. The fourth-order valence-electron chi connectivity index (χ4n) is 3.42. The third kappa shape index (κ3) is 4.87. The summed E-state index contributed by atoms with van der Waals surface area (Å²) in [6.45, 7) is 0. The number of allylic oxidation sites excluding steroid dienone is 2. The van der Waals surface area contributed by atoms with E-state index in [9.17, 15) is 0 Å². The molecule has 2 heterocycles. The maximum Gasteiger partial charge on any atom is 0.138 e. The minimum absolute atomic E-state index is 1.03. The molecule has 0 bridgehead atoms. The third-order valence-electron chi connectivity index (χ3n) is 4.94. The number of halogens is 2. The highest BCUT2D eigenvalue weighted by Crippen LogP contribution is 2.48. The van der Waals surface area contributed by atoms with Gasteiger partial charge < -0.3 is 0 Å². The molecule has 0 aliphatic heterocycles. The van der Waals surface area contributed by atoms with Crippen molar-refractivity contribution in [3.63, 3.8) is 0 Å². The minimum Gasteiger partial charge on any atom is -0.185 e. The van der Waals surface area contributed by atoms with Gasteiger partial charge >= 0.3 is 0 Å². The van der Waals surface area contributed by atoms with Crippen molar-refractivity contribution >= 4 is 136 Å². The molecule has 0 N–H and O–H groups in total. The molecule has 1 aliphatic carbocycles. The second-order valence-electron chi connectivity index (χ2n) is 6.85. The Morgan fingerprint density at radius 3 is 2.43 bits per heavy atom. The molecule has 0 spiro atoms. The van der Waals surface area contributed by atoms with Crippen molar-refractivity contribution in [2.45, 2.75) is 35.5 Å². The van der Waals surface area contributed by atoms with E-state index < -0.39 is 0 Å². The Bertz CT molecular complexity index is 1230. The number of thiophene rings is 2. The third-order valence-corrected chi connectivity index (χ3v) is 13.2. The average Bonchev–Trinajstić information content (AvgIpc) is 3.29. The molecule has 2 atom stereocenters. The van der Waals surface area contributed by atoms with Gasteiger partial charge in [-0.05, 0) is 123 Å². The van der Waals surface area contributed by atoms with Crippen LogP contribution in [0.1, 0.15) is 41.0 Å². The van der Waals surface area contributed by atoms with Crippen LogP contribution in [-0.2, 0) is 0 Å². The molecule has 154 valence electrons. The van der Waals surface area contributed by atoms with Crippen molar-refractivity contribution in [3.8, 4) is 5.40 Å². The Hall–Kier alpha value is 0.870. The number of nitrogens with zero attached hydrogens (tertiary/aromatic N) is 1. The van der Waals surface area contributed by atoms with Crippen LogP contribution in [0.2, 0.25) is 0 Å². The molecule has 2 unspecified atom stereocenters. The Kier molecular flexibility index (Phi) is 8.34. The van der Waals surface area contributed by atoms with Crippen molar-refractivity contribution in [2.75, 3.05) is 0 Å². The highest BCUT2D eigenvalue weighted by atomic mass is 127. The van der Waals surface area contributed by atoms with Crippen LogP contribution in [0.15, 0.2) is 34.1 Å². The van der Waals surface area contributed by atoms with Crippen molar-refractivity contribution < 1.29 is 0 Å². The lowest BCUT2D eigenvalue weighted by atomic mass is 9.98. The van der Waals surface area contributed by atoms with E-state index in [2.05, 4.69) is 93.3 Å². The summed E-state index contributed by atoms with van der Waals surface area (Å²) in [4.78, 5) is 4.79. The SMILES string of the molecule is N#CSc1c(I)cc(/C(P)=C(\P)c2cc3sc(C4=CCCCC4)c(S)c3s2)cc1I. The number of nitriles is 1. The lowest BCUT2D eigenvalue weighted by molar-refractivity contribution is 0.742. The van der Waals surface area contributed by atoms with Crippen LogP contribution in [-0.4, -0.2) is 0 Å². The van der Waals surface area contributed by atoms with Crippen molar-refractivity contribution in [3.05, 3.63) is 46.7 Å². The molecule has 1 aromatic carbocycles. The number of hydrogen-bond donors (Lipinski definition) is 1.